The molecule has 0 spiro atoms. The summed E-state index contributed by atoms with van der Waals surface area (Å²) in [6.07, 6.45) is 0. The van der Waals surface area contributed by atoms with Gasteiger partial charge in [0, 0.05) is 5.92 Å². The van der Waals surface area contributed by atoms with Crippen LogP contribution in [0.5, 0.6) is 0 Å². The second-order valence-corrected chi connectivity index (χ2v) is 4.83. The summed E-state index contributed by atoms with van der Waals surface area (Å²) in [6.45, 7) is 7.02. The van der Waals surface area contributed by atoms with E-state index in [1.54, 1.807) is 20.8 Å². The first-order valence-corrected chi connectivity index (χ1v) is 5.03. The molecule has 0 unspecified atom stereocenters. The molecule has 0 fully saturated rings. The average Bonchev–Trinajstić information content (AvgIpc) is 2.03. The minimum atomic E-state index is -1.20. The van der Waals surface area contributed by atoms with Crippen LogP contribution >= 0.6 is 15.9 Å². The molecule has 0 N–H and O–H groups in total. The van der Waals surface area contributed by atoms with E-state index in [0.717, 1.165) is 0 Å². The van der Waals surface area contributed by atoms with Crippen LogP contribution in [0.25, 0.3) is 0 Å². The number of alkyl halides is 1. The molecule has 0 aromatic heterocycles. The van der Waals surface area contributed by atoms with Gasteiger partial charge in [-0.2, -0.15) is 0 Å². The number of rotatable bonds is 4. The number of Topliss-reactive ketones (excluding diaryl/α,β-unsaturated/α-hetero) is 1. The topological polar surface area (TPSA) is 43.4 Å². The lowest BCUT2D eigenvalue weighted by atomic mass is 9.97. The second-order valence-electron chi connectivity index (χ2n) is 3.24. The van der Waals surface area contributed by atoms with Gasteiger partial charge in [-0.1, -0.05) is 29.8 Å². The van der Waals surface area contributed by atoms with Crippen LogP contribution in [-0.2, 0) is 14.3 Å². The Bertz CT molecular complexity index is 209. The van der Waals surface area contributed by atoms with Crippen molar-refractivity contribution < 1.29 is 14.3 Å². The minimum Gasteiger partial charge on any atom is -0.465 e. The summed E-state index contributed by atoms with van der Waals surface area (Å²) in [4.78, 5) is 22.9. The molecule has 0 saturated carbocycles. The van der Waals surface area contributed by atoms with Gasteiger partial charge < -0.3 is 4.74 Å². The van der Waals surface area contributed by atoms with Gasteiger partial charge in [0.15, 0.2) is 10.1 Å². The molecule has 0 saturated heterocycles. The zero-order chi connectivity index (χ0) is 10.6. The fraction of sp³-hybridized carbons (Fsp3) is 0.778. The largest absolute Gasteiger partial charge is 0.465 e. The van der Waals surface area contributed by atoms with Gasteiger partial charge in [-0.25, -0.2) is 0 Å². The lowest BCUT2D eigenvalue weighted by Crippen LogP contribution is -2.41. The number of halogens is 1. The summed E-state index contributed by atoms with van der Waals surface area (Å²) in [7, 11) is 0. The van der Waals surface area contributed by atoms with Crippen molar-refractivity contribution in [3.63, 3.8) is 0 Å². The molecule has 0 radical (unpaired) electrons. The average molecular weight is 251 g/mol. The molecular weight excluding hydrogens is 236 g/mol. The number of hydrogen-bond acceptors (Lipinski definition) is 3. The highest BCUT2D eigenvalue weighted by atomic mass is 79.9. The van der Waals surface area contributed by atoms with Gasteiger partial charge in [0.05, 0.1) is 6.61 Å². The maximum Gasteiger partial charge on any atom is 0.330 e. The van der Waals surface area contributed by atoms with Crippen LogP contribution < -0.4 is 0 Å². The van der Waals surface area contributed by atoms with E-state index in [0.29, 0.717) is 0 Å². The number of carbonyl (C=O) groups excluding carboxylic acids is 2. The van der Waals surface area contributed by atoms with Gasteiger partial charge in [-0.05, 0) is 13.8 Å². The van der Waals surface area contributed by atoms with E-state index in [1.165, 1.54) is 6.92 Å². The number of carbonyl (C=O) groups is 2. The van der Waals surface area contributed by atoms with Gasteiger partial charge in [-0.3, -0.25) is 9.59 Å². The van der Waals surface area contributed by atoms with Crippen molar-refractivity contribution in [2.45, 2.75) is 32.0 Å². The third-order valence-electron chi connectivity index (χ3n) is 1.65. The van der Waals surface area contributed by atoms with Gasteiger partial charge in [0.1, 0.15) is 0 Å². The van der Waals surface area contributed by atoms with Crippen molar-refractivity contribution in [3.8, 4) is 0 Å². The minimum absolute atomic E-state index is 0.161. The van der Waals surface area contributed by atoms with Crippen LogP contribution in [0.3, 0.4) is 0 Å². The van der Waals surface area contributed by atoms with E-state index >= 15 is 0 Å². The first-order chi connectivity index (χ1) is 5.84. The van der Waals surface area contributed by atoms with Crippen molar-refractivity contribution in [2.75, 3.05) is 6.61 Å². The third-order valence-corrected chi connectivity index (χ3v) is 2.36. The highest BCUT2D eigenvalue weighted by molar-refractivity contribution is 9.10. The molecule has 0 bridgehead atoms. The normalized spacial score (nSPS) is 15.2. The molecule has 76 valence electrons. The van der Waals surface area contributed by atoms with E-state index < -0.39 is 10.3 Å². The fourth-order valence-electron chi connectivity index (χ4n) is 0.909. The number of esters is 1. The Morgan fingerprint density at radius 1 is 1.46 bits per heavy atom. The summed E-state index contributed by atoms with van der Waals surface area (Å²) in [5.74, 6) is -0.867. The summed E-state index contributed by atoms with van der Waals surface area (Å²) < 4.78 is 3.57. The van der Waals surface area contributed by atoms with Crippen LogP contribution in [0.15, 0.2) is 0 Å². The van der Waals surface area contributed by atoms with Gasteiger partial charge in [-0.15, -0.1) is 0 Å². The first kappa shape index (κ1) is 12.6. The van der Waals surface area contributed by atoms with Crippen LogP contribution in [0.1, 0.15) is 27.7 Å². The molecule has 0 rings (SSSR count). The SMILES string of the molecule is CCOC(=O)[C@@](C)(Br)C(=O)C(C)C. The third kappa shape index (κ3) is 3.10. The Balaban J connectivity index is 4.55. The molecule has 0 aromatic rings. The molecule has 4 heteroatoms. The Labute approximate surface area is 87.0 Å². The Morgan fingerprint density at radius 2 is 1.92 bits per heavy atom. The predicted octanol–water partition coefficient (Wildman–Crippen LogP) is 1.93. The lowest BCUT2D eigenvalue weighted by Gasteiger charge is -2.20. The monoisotopic (exact) mass is 250 g/mol. The zero-order valence-corrected chi connectivity index (χ0v) is 9.97. The number of hydrogen-bond donors (Lipinski definition) is 0. The maximum atomic E-state index is 11.5. The Morgan fingerprint density at radius 3 is 2.23 bits per heavy atom. The second kappa shape index (κ2) is 4.74. The molecule has 1 atom stereocenters. The summed E-state index contributed by atoms with van der Waals surface area (Å²) in [5, 5.41) is 0. The lowest BCUT2D eigenvalue weighted by molar-refractivity contribution is -0.149. The quantitative estimate of drug-likeness (QED) is 0.435. The summed E-state index contributed by atoms with van der Waals surface area (Å²) in [6, 6.07) is 0. The van der Waals surface area contributed by atoms with Crippen molar-refractivity contribution in [3.05, 3.63) is 0 Å². The zero-order valence-electron chi connectivity index (χ0n) is 8.39. The van der Waals surface area contributed by atoms with Gasteiger partial charge >= 0.3 is 5.97 Å². The van der Waals surface area contributed by atoms with Gasteiger partial charge in [0.2, 0.25) is 0 Å². The van der Waals surface area contributed by atoms with Gasteiger partial charge in [0.25, 0.3) is 0 Å². The molecule has 0 heterocycles. The molecule has 13 heavy (non-hydrogen) atoms. The van der Waals surface area contributed by atoms with Crippen LogP contribution in [0.2, 0.25) is 0 Å². The van der Waals surface area contributed by atoms with E-state index in [4.69, 9.17) is 4.74 Å². The van der Waals surface area contributed by atoms with Crippen LogP contribution in [0, 0.1) is 5.92 Å². The molecule has 0 aliphatic carbocycles. The van der Waals surface area contributed by atoms with E-state index in [-0.39, 0.29) is 18.3 Å². The molecular formula is C9H15BrO3. The van der Waals surface area contributed by atoms with Crippen molar-refractivity contribution >= 4 is 27.7 Å². The molecule has 3 nitrogen and oxygen atoms in total. The van der Waals surface area contributed by atoms with Crippen LogP contribution in [0.4, 0.5) is 0 Å². The van der Waals surface area contributed by atoms with Crippen molar-refractivity contribution in [2.24, 2.45) is 5.92 Å². The molecule has 0 aliphatic heterocycles. The predicted molar refractivity (Wildman–Crippen MR) is 53.8 cm³/mol. The molecule has 0 aliphatic rings. The Hall–Kier alpha value is -0.380. The summed E-state index contributed by atoms with van der Waals surface area (Å²) >= 11 is 3.09. The number of ether oxygens (including phenoxy) is 1. The van der Waals surface area contributed by atoms with E-state index in [1.807, 2.05) is 0 Å². The highest BCUT2D eigenvalue weighted by Crippen LogP contribution is 2.24. The van der Waals surface area contributed by atoms with E-state index in [2.05, 4.69) is 15.9 Å². The highest BCUT2D eigenvalue weighted by Gasteiger charge is 2.40. The maximum absolute atomic E-state index is 11.5. The first-order valence-electron chi connectivity index (χ1n) is 4.24. The fourth-order valence-corrected chi connectivity index (χ4v) is 1.48. The number of ketones is 1. The molecule has 0 aromatic carbocycles. The molecule has 0 amide bonds. The Kier molecular flexibility index (Phi) is 4.61. The summed E-state index contributed by atoms with van der Waals surface area (Å²) in [5.41, 5.74) is 0. The van der Waals surface area contributed by atoms with Crippen LogP contribution in [-0.4, -0.2) is 22.7 Å². The van der Waals surface area contributed by atoms with Crippen molar-refractivity contribution in [1.82, 2.24) is 0 Å². The van der Waals surface area contributed by atoms with Crippen molar-refractivity contribution in [1.29, 1.82) is 0 Å². The smallest absolute Gasteiger partial charge is 0.330 e. The standard InChI is InChI=1S/C9H15BrO3/c1-5-13-8(12)9(4,10)7(11)6(2)3/h6H,5H2,1-4H3/t9-/m0/s1. The van der Waals surface area contributed by atoms with E-state index in [9.17, 15) is 9.59 Å².